The molecule has 0 saturated carbocycles. The number of amides is 1. The normalized spacial score (nSPS) is 17.4. The van der Waals surface area contributed by atoms with Crippen LogP contribution in [0.1, 0.15) is 12.0 Å². The first-order valence-corrected chi connectivity index (χ1v) is 7.63. The Morgan fingerprint density at radius 2 is 2.00 bits per heavy atom. The number of benzene rings is 1. The van der Waals surface area contributed by atoms with Crippen molar-refractivity contribution in [3.8, 4) is 0 Å². The first-order valence-electron chi connectivity index (χ1n) is 7.63. The van der Waals surface area contributed by atoms with Crippen LogP contribution in [-0.2, 0) is 16.0 Å². The molecule has 1 heterocycles. The highest BCUT2D eigenvalue weighted by Crippen LogP contribution is 2.04. The molecule has 0 bridgehead atoms. The van der Waals surface area contributed by atoms with Gasteiger partial charge in [-0.05, 0) is 18.4 Å². The minimum atomic E-state index is -0.435. The zero-order chi connectivity index (χ0) is 14.9. The summed E-state index contributed by atoms with van der Waals surface area (Å²) in [6.07, 6.45) is 1.51. The lowest BCUT2D eigenvalue weighted by atomic mass is 10.1. The average Bonchev–Trinajstić information content (AvgIpc) is 2.54. The number of carbonyl (C=O) groups excluding carboxylic acids is 1. The number of morpholine rings is 1. The first-order chi connectivity index (χ1) is 10.3. The van der Waals surface area contributed by atoms with Crippen molar-refractivity contribution >= 4 is 5.91 Å². The Morgan fingerprint density at radius 1 is 1.29 bits per heavy atom. The van der Waals surface area contributed by atoms with Gasteiger partial charge in [-0.25, -0.2) is 0 Å². The summed E-state index contributed by atoms with van der Waals surface area (Å²) in [5.74, 6) is -0.0563. The third-order valence-corrected chi connectivity index (χ3v) is 3.75. The molecule has 1 saturated heterocycles. The lowest BCUT2D eigenvalue weighted by Gasteiger charge is -2.26. The quantitative estimate of drug-likeness (QED) is 0.763. The van der Waals surface area contributed by atoms with Crippen LogP contribution in [0.5, 0.6) is 0 Å². The zero-order valence-corrected chi connectivity index (χ0v) is 12.5. The standard InChI is InChI=1S/C16H25N3O2/c17-15(7-6-14-4-2-1-3-5-14)16(20)18-8-9-19-10-12-21-13-11-19/h1-5,15H,6-13,17H2,(H,18,20)/t15-/m0/s1. The van der Waals surface area contributed by atoms with Crippen molar-refractivity contribution in [2.45, 2.75) is 18.9 Å². The number of aryl methyl sites for hydroxylation is 1. The van der Waals surface area contributed by atoms with E-state index in [-0.39, 0.29) is 5.91 Å². The van der Waals surface area contributed by atoms with Gasteiger partial charge in [-0.3, -0.25) is 9.69 Å². The van der Waals surface area contributed by atoms with Gasteiger partial charge in [0.05, 0.1) is 19.3 Å². The van der Waals surface area contributed by atoms with Crippen LogP contribution in [-0.4, -0.2) is 56.2 Å². The van der Waals surface area contributed by atoms with Crippen LogP contribution in [0.25, 0.3) is 0 Å². The monoisotopic (exact) mass is 291 g/mol. The fourth-order valence-electron chi connectivity index (χ4n) is 2.39. The second-order valence-corrected chi connectivity index (χ2v) is 5.38. The number of carbonyl (C=O) groups is 1. The van der Waals surface area contributed by atoms with Crippen molar-refractivity contribution in [3.63, 3.8) is 0 Å². The van der Waals surface area contributed by atoms with Crippen LogP contribution in [0.2, 0.25) is 0 Å². The van der Waals surface area contributed by atoms with Gasteiger partial charge in [0.25, 0.3) is 0 Å². The highest BCUT2D eigenvalue weighted by molar-refractivity contribution is 5.81. The van der Waals surface area contributed by atoms with Crippen LogP contribution in [0.15, 0.2) is 30.3 Å². The van der Waals surface area contributed by atoms with Crippen molar-refractivity contribution in [1.29, 1.82) is 0 Å². The van der Waals surface area contributed by atoms with Crippen LogP contribution in [0, 0.1) is 0 Å². The number of hydrogen-bond acceptors (Lipinski definition) is 4. The van der Waals surface area contributed by atoms with E-state index < -0.39 is 6.04 Å². The fraction of sp³-hybridized carbons (Fsp3) is 0.562. The molecular formula is C16H25N3O2. The van der Waals surface area contributed by atoms with E-state index in [1.165, 1.54) is 5.56 Å². The molecule has 1 amide bonds. The third-order valence-electron chi connectivity index (χ3n) is 3.75. The number of nitrogens with two attached hydrogens (primary N) is 1. The molecule has 1 atom stereocenters. The second-order valence-electron chi connectivity index (χ2n) is 5.38. The minimum Gasteiger partial charge on any atom is -0.379 e. The highest BCUT2D eigenvalue weighted by Gasteiger charge is 2.14. The molecule has 0 radical (unpaired) electrons. The molecule has 1 aromatic rings. The first kappa shape index (κ1) is 15.9. The summed E-state index contributed by atoms with van der Waals surface area (Å²) in [5.41, 5.74) is 7.16. The number of rotatable bonds is 7. The number of nitrogens with zero attached hydrogens (tertiary/aromatic N) is 1. The van der Waals surface area contributed by atoms with E-state index in [2.05, 4.69) is 22.3 Å². The van der Waals surface area contributed by atoms with Crippen LogP contribution < -0.4 is 11.1 Å². The molecule has 1 aliphatic rings. The SMILES string of the molecule is N[C@@H](CCc1ccccc1)C(=O)NCCN1CCOCC1. The maximum Gasteiger partial charge on any atom is 0.236 e. The maximum absolute atomic E-state index is 11.9. The van der Waals surface area contributed by atoms with Crippen molar-refractivity contribution in [2.75, 3.05) is 39.4 Å². The van der Waals surface area contributed by atoms with Crippen molar-refractivity contribution in [2.24, 2.45) is 5.73 Å². The van der Waals surface area contributed by atoms with E-state index in [0.29, 0.717) is 13.0 Å². The van der Waals surface area contributed by atoms with E-state index >= 15 is 0 Å². The van der Waals surface area contributed by atoms with Gasteiger partial charge in [0.2, 0.25) is 5.91 Å². The summed E-state index contributed by atoms with van der Waals surface area (Å²) >= 11 is 0. The van der Waals surface area contributed by atoms with Gasteiger partial charge in [0.1, 0.15) is 0 Å². The zero-order valence-electron chi connectivity index (χ0n) is 12.5. The molecule has 0 aromatic heterocycles. The second kappa shape index (κ2) is 8.77. The molecule has 1 aliphatic heterocycles. The Kier molecular flexibility index (Phi) is 6.66. The molecule has 0 spiro atoms. The molecule has 1 fully saturated rings. The van der Waals surface area contributed by atoms with E-state index in [0.717, 1.165) is 39.3 Å². The topological polar surface area (TPSA) is 67.6 Å². The smallest absolute Gasteiger partial charge is 0.236 e. The lowest BCUT2D eigenvalue weighted by Crippen LogP contribution is -2.45. The Morgan fingerprint density at radius 3 is 2.71 bits per heavy atom. The summed E-state index contributed by atoms with van der Waals surface area (Å²) in [4.78, 5) is 14.2. The maximum atomic E-state index is 11.9. The summed E-state index contributed by atoms with van der Waals surface area (Å²) in [6.45, 7) is 4.96. The van der Waals surface area contributed by atoms with Crippen LogP contribution >= 0.6 is 0 Å². The van der Waals surface area contributed by atoms with Gasteiger partial charge in [0, 0.05) is 26.2 Å². The fourth-order valence-corrected chi connectivity index (χ4v) is 2.39. The Bertz CT molecular complexity index is 419. The number of hydrogen-bond donors (Lipinski definition) is 2. The van der Waals surface area contributed by atoms with Crippen molar-refractivity contribution in [3.05, 3.63) is 35.9 Å². The predicted octanol–water partition coefficient (Wildman–Crippen LogP) is 0.395. The summed E-state index contributed by atoms with van der Waals surface area (Å²) in [6, 6.07) is 9.68. The number of nitrogens with one attached hydrogen (secondary N) is 1. The Labute approximate surface area is 126 Å². The summed E-state index contributed by atoms with van der Waals surface area (Å²) in [7, 11) is 0. The Hall–Kier alpha value is -1.43. The molecule has 116 valence electrons. The molecular weight excluding hydrogens is 266 g/mol. The Balaban J connectivity index is 1.60. The van der Waals surface area contributed by atoms with E-state index in [1.807, 2.05) is 18.2 Å². The minimum absolute atomic E-state index is 0.0563. The van der Waals surface area contributed by atoms with Crippen molar-refractivity contribution < 1.29 is 9.53 Å². The van der Waals surface area contributed by atoms with E-state index in [9.17, 15) is 4.79 Å². The molecule has 3 N–H and O–H groups in total. The predicted molar refractivity (Wildman–Crippen MR) is 83.0 cm³/mol. The van der Waals surface area contributed by atoms with Gasteiger partial charge in [-0.15, -0.1) is 0 Å². The molecule has 5 heteroatoms. The molecule has 21 heavy (non-hydrogen) atoms. The van der Waals surface area contributed by atoms with Crippen LogP contribution in [0.3, 0.4) is 0 Å². The molecule has 5 nitrogen and oxygen atoms in total. The number of ether oxygens (including phenoxy) is 1. The third kappa shape index (κ3) is 5.83. The molecule has 0 aliphatic carbocycles. The van der Waals surface area contributed by atoms with Gasteiger partial charge in [-0.2, -0.15) is 0 Å². The van der Waals surface area contributed by atoms with Crippen LogP contribution in [0.4, 0.5) is 0 Å². The van der Waals surface area contributed by atoms with Gasteiger partial charge >= 0.3 is 0 Å². The molecule has 1 aromatic carbocycles. The largest absolute Gasteiger partial charge is 0.379 e. The van der Waals surface area contributed by atoms with Gasteiger partial charge < -0.3 is 15.8 Å². The highest BCUT2D eigenvalue weighted by atomic mass is 16.5. The average molecular weight is 291 g/mol. The summed E-state index contributed by atoms with van der Waals surface area (Å²) < 4.78 is 5.29. The lowest BCUT2D eigenvalue weighted by molar-refractivity contribution is -0.122. The molecule has 0 unspecified atom stereocenters. The summed E-state index contributed by atoms with van der Waals surface area (Å²) in [5, 5.41) is 2.92. The van der Waals surface area contributed by atoms with Gasteiger partial charge in [-0.1, -0.05) is 30.3 Å². The van der Waals surface area contributed by atoms with E-state index in [1.54, 1.807) is 0 Å². The van der Waals surface area contributed by atoms with Gasteiger partial charge in [0.15, 0.2) is 0 Å². The van der Waals surface area contributed by atoms with E-state index in [4.69, 9.17) is 10.5 Å². The van der Waals surface area contributed by atoms with Crippen molar-refractivity contribution in [1.82, 2.24) is 10.2 Å². The molecule has 2 rings (SSSR count).